The van der Waals surface area contributed by atoms with Crippen LogP contribution in [0.1, 0.15) is 60.4 Å². The van der Waals surface area contributed by atoms with Gasteiger partial charge in [0, 0.05) is 18.7 Å². The maximum Gasteiger partial charge on any atom is 0.270 e. The molecule has 1 aliphatic carbocycles. The molecule has 0 unspecified atom stereocenters. The van der Waals surface area contributed by atoms with Gasteiger partial charge < -0.3 is 10.6 Å². The Balaban J connectivity index is 1.64. The lowest BCUT2D eigenvalue weighted by Gasteiger charge is -2.17. The molecule has 1 aromatic heterocycles. The molecule has 25 heavy (non-hydrogen) atoms. The molecular weight excluding hydrogens is 312 g/mol. The van der Waals surface area contributed by atoms with Crippen molar-refractivity contribution in [1.82, 2.24) is 15.3 Å². The number of carbonyl (C=O) groups excluding carboxylic acids is 1. The van der Waals surface area contributed by atoms with E-state index < -0.39 is 0 Å². The highest BCUT2D eigenvalue weighted by molar-refractivity contribution is 5.92. The first-order valence-electron chi connectivity index (χ1n) is 9.15. The Morgan fingerprint density at radius 1 is 1.08 bits per heavy atom. The van der Waals surface area contributed by atoms with Crippen LogP contribution in [0.5, 0.6) is 0 Å². The quantitative estimate of drug-likeness (QED) is 0.813. The van der Waals surface area contributed by atoms with E-state index in [1.165, 1.54) is 38.5 Å². The standard InChI is InChI=1S/C20H26N4O/c1-15-22-18(20(25)21-14-16-9-5-4-6-10-16)13-19(23-15)24-17-11-7-2-3-8-12-17/h4-6,9-10,13,17H,2-3,7-8,11-12,14H2,1H3,(H,21,25)(H,22,23,24). The average Bonchev–Trinajstić information content (AvgIpc) is 2.89. The third-order valence-electron chi connectivity index (χ3n) is 4.57. The lowest BCUT2D eigenvalue weighted by molar-refractivity contribution is 0.0945. The molecule has 1 fully saturated rings. The number of nitrogens with zero attached hydrogens (tertiary/aromatic N) is 2. The molecular formula is C20H26N4O. The zero-order valence-corrected chi connectivity index (χ0v) is 14.8. The molecule has 0 spiro atoms. The fraction of sp³-hybridized carbons (Fsp3) is 0.450. The van der Waals surface area contributed by atoms with Crippen LogP contribution in [0.2, 0.25) is 0 Å². The number of rotatable bonds is 5. The fourth-order valence-corrected chi connectivity index (χ4v) is 3.26. The van der Waals surface area contributed by atoms with E-state index in [1.807, 2.05) is 37.3 Å². The summed E-state index contributed by atoms with van der Waals surface area (Å²) in [6.45, 7) is 2.32. The second kappa shape index (κ2) is 8.60. The van der Waals surface area contributed by atoms with Gasteiger partial charge in [-0.05, 0) is 25.3 Å². The third kappa shape index (κ3) is 5.28. The van der Waals surface area contributed by atoms with Gasteiger partial charge in [0.1, 0.15) is 17.3 Å². The molecule has 132 valence electrons. The van der Waals surface area contributed by atoms with Crippen molar-refractivity contribution in [3.05, 3.63) is 53.5 Å². The Kier molecular flexibility index (Phi) is 5.99. The number of anilines is 1. The van der Waals surface area contributed by atoms with E-state index in [1.54, 1.807) is 6.07 Å². The fourth-order valence-electron chi connectivity index (χ4n) is 3.26. The summed E-state index contributed by atoms with van der Waals surface area (Å²) in [7, 11) is 0. The number of amides is 1. The van der Waals surface area contributed by atoms with E-state index >= 15 is 0 Å². The van der Waals surface area contributed by atoms with Crippen LogP contribution in [-0.4, -0.2) is 21.9 Å². The van der Waals surface area contributed by atoms with Gasteiger partial charge >= 0.3 is 0 Å². The van der Waals surface area contributed by atoms with Crippen molar-refractivity contribution in [3.8, 4) is 0 Å². The second-order valence-corrected chi connectivity index (χ2v) is 6.69. The van der Waals surface area contributed by atoms with Crippen LogP contribution >= 0.6 is 0 Å². The van der Waals surface area contributed by atoms with Crippen LogP contribution < -0.4 is 10.6 Å². The molecule has 3 rings (SSSR count). The summed E-state index contributed by atoms with van der Waals surface area (Å²) in [6.07, 6.45) is 7.47. The van der Waals surface area contributed by atoms with E-state index in [0.717, 1.165) is 11.4 Å². The molecule has 1 amide bonds. The molecule has 1 aromatic carbocycles. The van der Waals surface area contributed by atoms with Gasteiger partial charge in [-0.25, -0.2) is 9.97 Å². The normalized spacial score (nSPS) is 15.4. The summed E-state index contributed by atoms with van der Waals surface area (Å²) in [5.41, 5.74) is 1.48. The highest BCUT2D eigenvalue weighted by atomic mass is 16.1. The lowest BCUT2D eigenvalue weighted by atomic mass is 10.1. The predicted octanol–water partition coefficient (Wildman–Crippen LogP) is 3.85. The van der Waals surface area contributed by atoms with Gasteiger partial charge in [-0.3, -0.25) is 4.79 Å². The molecule has 1 saturated carbocycles. The highest BCUT2D eigenvalue weighted by Crippen LogP contribution is 2.20. The Morgan fingerprint density at radius 2 is 1.80 bits per heavy atom. The molecule has 2 aromatic rings. The molecule has 0 aliphatic heterocycles. The first-order chi connectivity index (χ1) is 12.2. The van der Waals surface area contributed by atoms with Crippen LogP contribution in [-0.2, 0) is 6.54 Å². The highest BCUT2D eigenvalue weighted by Gasteiger charge is 2.15. The molecule has 0 atom stereocenters. The molecule has 0 saturated heterocycles. The minimum Gasteiger partial charge on any atom is -0.367 e. The number of hydrogen-bond acceptors (Lipinski definition) is 4. The molecule has 1 aliphatic rings. The third-order valence-corrected chi connectivity index (χ3v) is 4.57. The largest absolute Gasteiger partial charge is 0.367 e. The Bertz CT molecular complexity index is 694. The SMILES string of the molecule is Cc1nc(NC2CCCCCC2)cc(C(=O)NCc2ccccc2)n1. The number of benzene rings is 1. The van der Waals surface area contributed by atoms with E-state index in [4.69, 9.17) is 0 Å². The van der Waals surface area contributed by atoms with Crippen molar-refractivity contribution in [2.24, 2.45) is 0 Å². The van der Waals surface area contributed by atoms with Gasteiger partial charge in [-0.2, -0.15) is 0 Å². The van der Waals surface area contributed by atoms with Gasteiger partial charge in [0.2, 0.25) is 0 Å². The van der Waals surface area contributed by atoms with Gasteiger partial charge in [-0.15, -0.1) is 0 Å². The maximum absolute atomic E-state index is 12.4. The molecule has 5 nitrogen and oxygen atoms in total. The van der Waals surface area contributed by atoms with Gasteiger partial charge in [-0.1, -0.05) is 56.0 Å². The summed E-state index contributed by atoms with van der Waals surface area (Å²) in [4.78, 5) is 21.2. The molecule has 5 heteroatoms. The van der Waals surface area contributed by atoms with Gasteiger partial charge in [0.25, 0.3) is 5.91 Å². The Morgan fingerprint density at radius 3 is 2.52 bits per heavy atom. The van der Waals surface area contributed by atoms with Crippen molar-refractivity contribution < 1.29 is 4.79 Å². The van der Waals surface area contributed by atoms with Crippen LogP contribution in [0.15, 0.2) is 36.4 Å². The van der Waals surface area contributed by atoms with Gasteiger partial charge in [0.15, 0.2) is 0 Å². The van der Waals surface area contributed by atoms with Crippen molar-refractivity contribution in [1.29, 1.82) is 0 Å². The first kappa shape index (κ1) is 17.4. The van der Waals surface area contributed by atoms with Crippen LogP contribution in [0.3, 0.4) is 0 Å². The Labute approximate surface area is 149 Å². The van der Waals surface area contributed by atoms with Gasteiger partial charge in [0.05, 0.1) is 0 Å². The monoisotopic (exact) mass is 338 g/mol. The van der Waals surface area contributed by atoms with Crippen molar-refractivity contribution >= 4 is 11.7 Å². The molecule has 0 radical (unpaired) electrons. The van der Waals surface area contributed by atoms with Crippen LogP contribution in [0.4, 0.5) is 5.82 Å². The van der Waals surface area contributed by atoms with Crippen molar-refractivity contribution in [2.45, 2.75) is 58.0 Å². The topological polar surface area (TPSA) is 66.9 Å². The number of aryl methyl sites for hydroxylation is 1. The van der Waals surface area contributed by atoms with E-state index in [9.17, 15) is 4.79 Å². The summed E-state index contributed by atoms with van der Waals surface area (Å²) in [6, 6.07) is 12.1. The molecule has 0 bridgehead atoms. The number of hydrogen-bond donors (Lipinski definition) is 2. The van der Waals surface area contributed by atoms with Crippen LogP contribution in [0, 0.1) is 6.92 Å². The van der Waals surface area contributed by atoms with E-state index in [-0.39, 0.29) is 5.91 Å². The summed E-state index contributed by atoms with van der Waals surface area (Å²) >= 11 is 0. The minimum atomic E-state index is -0.168. The second-order valence-electron chi connectivity index (χ2n) is 6.69. The zero-order chi connectivity index (χ0) is 17.5. The smallest absolute Gasteiger partial charge is 0.270 e. The summed E-state index contributed by atoms with van der Waals surface area (Å²) < 4.78 is 0. The molecule has 1 heterocycles. The number of nitrogens with one attached hydrogen (secondary N) is 2. The zero-order valence-electron chi connectivity index (χ0n) is 14.8. The molecule has 2 N–H and O–H groups in total. The lowest BCUT2D eigenvalue weighted by Crippen LogP contribution is -2.25. The van der Waals surface area contributed by atoms with Crippen LogP contribution in [0.25, 0.3) is 0 Å². The number of aromatic nitrogens is 2. The van der Waals surface area contributed by atoms with E-state index in [2.05, 4.69) is 20.6 Å². The number of carbonyl (C=O) groups is 1. The van der Waals surface area contributed by atoms with Crippen molar-refractivity contribution in [3.63, 3.8) is 0 Å². The first-order valence-corrected chi connectivity index (χ1v) is 9.15. The maximum atomic E-state index is 12.4. The average molecular weight is 338 g/mol. The summed E-state index contributed by atoms with van der Waals surface area (Å²) in [5.74, 6) is 1.20. The minimum absolute atomic E-state index is 0.168. The predicted molar refractivity (Wildman–Crippen MR) is 99.5 cm³/mol. The van der Waals surface area contributed by atoms with E-state index in [0.29, 0.717) is 24.1 Å². The van der Waals surface area contributed by atoms with Crippen molar-refractivity contribution in [2.75, 3.05) is 5.32 Å². The Hall–Kier alpha value is -2.43. The summed E-state index contributed by atoms with van der Waals surface area (Å²) in [5, 5.41) is 6.43.